The SMILES string of the molecule is CCN1C=C(c2ccccc2)C(=O)C1c1ccccc1C(=O)O. The van der Waals surface area contributed by atoms with E-state index in [0.717, 1.165) is 5.56 Å². The zero-order valence-corrected chi connectivity index (χ0v) is 12.8. The Morgan fingerprint density at radius 2 is 1.74 bits per heavy atom. The van der Waals surface area contributed by atoms with Crippen molar-refractivity contribution >= 4 is 17.3 Å². The second-order valence-electron chi connectivity index (χ2n) is 5.40. The van der Waals surface area contributed by atoms with Crippen LogP contribution in [0, 0.1) is 0 Å². The number of carboxylic acid groups (broad SMARTS) is 1. The first-order chi connectivity index (χ1) is 11.1. The Morgan fingerprint density at radius 3 is 2.39 bits per heavy atom. The van der Waals surface area contributed by atoms with Gasteiger partial charge in [0.2, 0.25) is 0 Å². The second kappa shape index (κ2) is 6.08. The predicted octanol–water partition coefficient (Wildman–Crippen LogP) is 3.37. The van der Waals surface area contributed by atoms with Crippen molar-refractivity contribution in [2.45, 2.75) is 13.0 Å². The van der Waals surface area contributed by atoms with Crippen LogP contribution in [0.3, 0.4) is 0 Å². The number of rotatable bonds is 4. The van der Waals surface area contributed by atoms with E-state index in [-0.39, 0.29) is 11.3 Å². The van der Waals surface area contributed by atoms with Crippen molar-refractivity contribution in [3.8, 4) is 0 Å². The molecule has 1 heterocycles. The van der Waals surface area contributed by atoms with Crippen LogP contribution in [-0.2, 0) is 4.79 Å². The molecule has 0 aromatic heterocycles. The maximum Gasteiger partial charge on any atom is 0.336 e. The molecule has 4 heteroatoms. The van der Waals surface area contributed by atoms with Gasteiger partial charge in [-0.2, -0.15) is 0 Å². The number of likely N-dealkylation sites (N-methyl/N-ethyl adjacent to an activating group) is 1. The van der Waals surface area contributed by atoms with Gasteiger partial charge in [0.05, 0.1) is 5.56 Å². The summed E-state index contributed by atoms with van der Waals surface area (Å²) in [5, 5.41) is 9.41. The largest absolute Gasteiger partial charge is 0.478 e. The molecule has 2 aromatic rings. The van der Waals surface area contributed by atoms with Gasteiger partial charge in [0.1, 0.15) is 6.04 Å². The number of carbonyl (C=O) groups excluding carboxylic acids is 1. The van der Waals surface area contributed by atoms with E-state index in [1.807, 2.05) is 48.4 Å². The van der Waals surface area contributed by atoms with Crippen LogP contribution in [0.25, 0.3) is 5.57 Å². The van der Waals surface area contributed by atoms with Crippen LogP contribution in [0.4, 0.5) is 0 Å². The molecule has 0 amide bonds. The maximum atomic E-state index is 12.9. The van der Waals surface area contributed by atoms with Crippen LogP contribution in [0.1, 0.15) is 34.5 Å². The van der Waals surface area contributed by atoms with Gasteiger partial charge in [-0.1, -0.05) is 48.5 Å². The fraction of sp³-hybridized carbons (Fsp3) is 0.158. The Morgan fingerprint density at radius 1 is 1.09 bits per heavy atom. The molecule has 1 N–H and O–H groups in total. The summed E-state index contributed by atoms with van der Waals surface area (Å²) < 4.78 is 0. The summed E-state index contributed by atoms with van der Waals surface area (Å²) in [7, 11) is 0. The minimum absolute atomic E-state index is 0.0632. The molecule has 116 valence electrons. The molecule has 0 saturated heterocycles. The van der Waals surface area contributed by atoms with Crippen LogP contribution < -0.4 is 0 Å². The van der Waals surface area contributed by atoms with Gasteiger partial charge in [-0.05, 0) is 24.1 Å². The maximum absolute atomic E-state index is 12.9. The molecule has 3 rings (SSSR count). The number of hydrogen-bond acceptors (Lipinski definition) is 3. The number of Topliss-reactive ketones (excluding diaryl/α,β-unsaturated/α-hetero) is 1. The molecule has 1 aliphatic rings. The molecule has 0 aliphatic carbocycles. The average molecular weight is 307 g/mol. The molecule has 1 unspecified atom stereocenters. The monoisotopic (exact) mass is 307 g/mol. The molecular weight excluding hydrogens is 290 g/mol. The van der Waals surface area contributed by atoms with E-state index in [1.54, 1.807) is 24.3 Å². The fourth-order valence-electron chi connectivity index (χ4n) is 2.96. The van der Waals surface area contributed by atoms with Crippen LogP contribution in [-0.4, -0.2) is 28.3 Å². The number of hydrogen-bond donors (Lipinski definition) is 1. The van der Waals surface area contributed by atoms with Gasteiger partial charge in [0, 0.05) is 18.3 Å². The van der Waals surface area contributed by atoms with Crippen molar-refractivity contribution < 1.29 is 14.7 Å². The zero-order valence-electron chi connectivity index (χ0n) is 12.8. The van der Waals surface area contributed by atoms with Gasteiger partial charge in [-0.3, -0.25) is 4.79 Å². The van der Waals surface area contributed by atoms with Gasteiger partial charge in [0.25, 0.3) is 0 Å². The lowest BCUT2D eigenvalue weighted by Crippen LogP contribution is -2.26. The van der Waals surface area contributed by atoms with E-state index < -0.39 is 12.0 Å². The summed E-state index contributed by atoms with van der Waals surface area (Å²) in [5.41, 5.74) is 2.19. The second-order valence-corrected chi connectivity index (χ2v) is 5.40. The smallest absolute Gasteiger partial charge is 0.336 e. The van der Waals surface area contributed by atoms with Gasteiger partial charge >= 0.3 is 5.97 Å². The molecule has 2 aromatic carbocycles. The fourth-order valence-corrected chi connectivity index (χ4v) is 2.96. The summed E-state index contributed by atoms with van der Waals surface area (Å²) in [5.74, 6) is -1.08. The van der Waals surface area contributed by atoms with E-state index in [4.69, 9.17) is 0 Å². The third-order valence-corrected chi connectivity index (χ3v) is 4.08. The highest BCUT2D eigenvalue weighted by molar-refractivity contribution is 6.25. The lowest BCUT2D eigenvalue weighted by Gasteiger charge is -2.24. The predicted molar refractivity (Wildman–Crippen MR) is 87.9 cm³/mol. The number of benzene rings is 2. The number of nitrogens with zero attached hydrogens (tertiary/aromatic N) is 1. The third-order valence-electron chi connectivity index (χ3n) is 4.08. The normalized spacial score (nSPS) is 17.3. The van der Waals surface area contributed by atoms with Crippen LogP contribution in [0.5, 0.6) is 0 Å². The van der Waals surface area contributed by atoms with E-state index in [9.17, 15) is 14.7 Å². The minimum Gasteiger partial charge on any atom is -0.478 e. The molecule has 1 atom stereocenters. The number of ketones is 1. The van der Waals surface area contributed by atoms with Gasteiger partial charge in [0.15, 0.2) is 5.78 Å². The summed E-state index contributed by atoms with van der Waals surface area (Å²) in [4.78, 5) is 26.3. The Hall–Kier alpha value is -2.88. The highest BCUT2D eigenvalue weighted by atomic mass is 16.4. The lowest BCUT2D eigenvalue weighted by molar-refractivity contribution is -0.116. The summed E-state index contributed by atoms with van der Waals surface area (Å²) >= 11 is 0. The Labute approximate surface area is 134 Å². The number of aromatic carboxylic acids is 1. The van der Waals surface area contributed by atoms with Crippen molar-refractivity contribution in [1.82, 2.24) is 4.90 Å². The van der Waals surface area contributed by atoms with Gasteiger partial charge in [-0.15, -0.1) is 0 Å². The Kier molecular flexibility index (Phi) is 3.98. The van der Waals surface area contributed by atoms with E-state index >= 15 is 0 Å². The van der Waals surface area contributed by atoms with Crippen LogP contribution >= 0.6 is 0 Å². The van der Waals surface area contributed by atoms with Crippen molar-refractivity contribution in [2.24, 2.45) is 0 Å². The number of carboxylic acids is 1. The topological polar surface area (TPSA) is 57.6 Å². The molecule has 0 saturated carbocycles. The summed E-state index contributed by atoms with van der Waals surface area (Å²) in [6.07, 6.45) is 1.83. The summed E-state index contributed by atoms with van der Waals surface area (Å²) in [6.45, 7) is 2.58. The third kappa shape index (κ3) is 2.63. The molecule has 0 bridgehead atoms. The van der Waals surface area contributed by atoms with Crippen molar-refractivity contribution in [1.29, 1.82) is 0 Å². The molecule has 4 nitrogen and oxygen atoms in total. The molecule has 1 aliphatic heterocycles. The van der Waals surface area contributed by atoms with Crippen molar-refractivity contribution in [3.63, 3.8) is 0 Å². The first-order valence-corrected chi connectivity index (χ1v) is 7.53. The lowest BCUT2D eigenvalue weighted by atomic mass is 9.93. The summed E-state index contributed by atoms with van der Waals surface area (Å²) in [6, 6.07) is 15.6. The van der Waals surface area contributed by atoms with E-state index in [2.05, 4.69) is 0 Å². The highest BCUT2D eigenvalue weighted by Gasteiger charge is 2.36. The first kappa shape index (κ1) is 15.0. The quantitative estimate of drug-likeness (QED) is 0.941. The standard InChI is InChI=1S/C19H17NO3/c1-2-20-12-16(13-8-4-3-5-9-13)18(21)17(20)14-10-6-7-11-15(14)19(22)23/h3-12,17H,2H2,1H3,(H,22,23). The van der Waals surface area contributed by atoms with Crippen molar-refractivity contribution in [2.75, 3.05) is 6.54 Å². The minimum atomic E-state index is -1.02. The number of carbonyl (C=O) groups is 2. The van der Waals surface area contributed by atoms with Gasteiger partial charge < -0.3 is 10.0 Å². The first-order valence-electron chi connectivity index (χ1n) is 7.53. The van der Waals surface area contributed by atoms with Gasteiger partial charge in [-0.25, -0.2) is 4.79 Å². The Balaban J connectivity index is 2.06. The van der Waals surface area contributed by atoms with E-state index in [1.165, 1.54) is 0 Å². The molecule has 0 fully saturated rings. The molecular formula is C19H17NO3. The highest BCUT2D eigenvalue weighted by Crippen LogP contribution is 2.37. The Bertz CT molecular complexity index is 780. The molecule has 0 spiro atoms. The molecule has 23 heavy (non-hydrogen) atoms. The van der Waals surface area contributed by atoms with Crippen molar-refractivity contribution in [3.05, 3.63) is 77.5 Å². The van der Waals surface area contributed by atoms with Crippen LogP contribution in [0.2, 0.25) is 0 Å². The van der Waals surface area contributed by atoms with E-state index in [0.29, 0.717) is 17.7 Å². The van der Waals surface area contributed by atoms with Crippen LogP contribution in [0.15, 0.2) is 60.8 Å². The zero-order chi connectivity index (χ0) is 16.4. The average Bonchev–Trinajstić information content (AvgIpc) is 2.92. The molecule has 0 radical (unpaired) electrons.